The van der Waals surface area contributed by atoms with E-state index in [0.29, 0.717) is 6.54 Å². The Bertz CT molecular complexity index is 498. The molecule has 1 aromatic carbocycles. The number of hydrogen-bond donors (Lipinski definition) is 1. The van der Waals surface area contributed by atoms with E-state index in [-0.39, 0.29) is 0 Å². The lowest BCUT2D eigenvalue weighted by Crippen LogP contribution is -2.34. The fraction of sp³-hybridized carbons (Fsp3) is 0.588. The normalized spacial score (nSPS) is 23.1. The third kappa shape index (κ3) is 2.88. The molecule has 20 heavy (non-hydrogen) atoms. The summed E-state index contributed by atoms with van der Waals surface area (Å²) in [5.41, 5.74) is 3.44. The molecule has 3 nitrogen and oxygen atoms in total. The molecule has 1 N–H and O–H groups in total. The Kier molecular flexibility index (Phi) is 4.48. The summed E-state index contributed by atoms with van der Waals surface area (Å²) in [4.78, 5) is 13.9. The molecule has 0 aliphatic carbocycles. The lowest BCUT2D eigenvalue weighted by molar-refractivity contribution is -0.148. The van der Waals surface area contributed by atoms with E-state index in [0.717, 1.165) is 32.4 Å². The Morgan fingerprint density at radius 1 is 1.40 bits per heavy atom. The van der Waals surface area contributed by atoms with Gasteiger partial charge in [0.05, 0.1) is 5.41 Å². The third-order valence-electron chi connectivity index (χ3n) is 4.73. The molecule has 0 bridgehead atoms. The summed E-state index contributed by atoms with van der Waals surface area (Å²) in [5, 5.41) is 9.55. The van der Waals surface area contributed by atoms with Gasteiger partial charge in [-0.15, -0.1) is 0 Å². The van der Waals surface area contributed by atoms with E-state index < -0.39 is 11.4 Å². The highest BCUT2D eigenvalue weighted by Gasteiger charge is 2.43. The Balaban J connectivity index is 2.09. The third-order valence-corrected chi connectivity index (χ3v) is 4.73. The van der Waals surface area contributed by atoms with Gasteiger partial charge in [-0.05, 0) is 49.9 Å². The molecule has 1 aromatic rings. The quantitative estimate of drug-likeness (QED) is 0.895. The monoisotopic (exact) mass is 275 g/mol. The van der Waals surface area contributed by atoms with Gasteiger partial charge in [0.25, 0.3) is 0 Å². The number of aryl methyl sites for hydroxylation is 1. The second-order valence-corrected chi connectivity index (χ2v) is 6.16. The molecule has 0 spiro atoms. The van der Waals surface area contributed by atoms with E-state index in [1.807, 2.05) is 0 Å². The summed E-state index contributed by atoms with van der Waals surface area (Å²) in [6, 6.07) is 6.37. The summed E-state index contributed by atoms with van der Waals surface area (Å²) < 4.78 is 0. The van der Waals surface area contributed by atoms with Crippen molar-refractivity contribution in [2.45, 2.75) is 46.6 Å². The van der Waals surface area contributed by atoms with E-state index in [2.05, 4.69) is 43.9 Å². The molecule has 0 saturated carbocycles. The zero-order valence-electron chi connectivity index (χ0n) is 12.8. The fourth-order valence-electron chi connectivity index (χ4n) is 3.28. The predicted octanol–water partition coefficient (Wildman–Crippen LogP) is 3.38. The molecular formula is C17H25NO2. The minimum atomic E-state index is -0.622. The van der Waals surface area contributed by atoms with Crippen molar-refractivity contribution in [2.75, 3.05) is 13.1 Å². The molecule has 1 heterocycles. The van der Waals surface area contributed by atoms with E-state index in [1.54, 1.807) is 0 Å². The smallest absolute Gasteiger partial charge is 0.310 e. The van der Waals surface area contributed by atoms with Crippen molar-refractivity contribution in [3.8, 4) is 0 Å². The number of hydrogen-bond acceptors (Lipinski definition) is 2. The Hall–Kier alpha value is -1.35. The summed E-state index contributed by atoms with van der Waals surface area (Å²) in [6.45, 7) is 8.78. The molecule has 1 saturated heterocycles. The molecule has 0 radical (unpaired) electrons. The summed E-state index contributed by atoms with van der Waals surface area (Å²) in [5.74, 6) is -0.622. The van der Waals surface area contributed by atoms with Crippen LogP contribution in [0.3, 0.4) is 0 Å². The van der Waals surface area contributed by atoms with Crippen LogP contribution in [0.25, 0.3) is 0 Å². The number of carboxylic acid groups (broad SMARTS) is 1. The van der Waals surface area contributed by atoms with Gasteiger partial charge in [-0.2, -0.15) is 0 Å². The average molecular weight is 275 g/mol. The zero-order valence-corrected chi connectivity index (χ0v) is 12.8. The first-order chi connectivity index (χ1) is 9.48. The van der Waals surface area contributed by atoms with Gasteiger partial charge in [0.1, 0.15) is 0 Å². The first kappa shape index (κ1) is 15.0. The van der Waals surface area contributed by atoms with Crippen LogP contribution in [0.1, 0.15) is 42.9 Å². The second kappa shape index (κ2) is 5.96. The number of nitrogens with zero attached hydrogens (tertiary/aromatic N) is 1. The van der Waals surface area contributed by atoms with E-state index >= 15 is 0 Å². The van der Waals surface area contributed by atoms with Gasteiger partial charge in [-0.1, -0.05) is 31.5 Å². The van der Waals surface area contributed by atoms with Crippen molar-refractivity contribution in [3.05, 3.63) is 34.9 Å². The van der Waals surface area contributed by atoms with Gasteiger partial charge in [-0.3, -0.25) is 9.69 Å². The summed E-state index contributed by atoms with van der Waals surface area (Å²) in [7, 11) is 0. The number of benzene rings is 1. The molecule has 1 fully saturated rings. The maximum atomic E-state index is 11.6. The van der Waals surface area contributed by atoms with Gasteiger partial charge in [0, 0.05) is 13.1 Å². The summed E-state index contributed by atoms with van der Waals surface area (Å²) >= 11 is 0. The van der Waals surface area contributed by atoms with Crippen LogP contribution in [0.5, 0.6) is 0 Å². The van der Waals surface area contributed by atoms with Crippen molar-refractivity contribution >= 4 is 5.97 Å². The first-order valence-corrected chi connectivity index (χ1v) is 7.49. The lowest BCUT2D eigenvalue weighted by Gasteiger charge is -2.24. The molecule has 1 atom stereocenters. The molecule has 1 aliphatic rings. The minimum Gasteiger partial charge on any atom is -0.481 e. The molecule has 0 amide bonds. The van der Waals surface area contributed by atoms with Crippen LogP contribution in [-0.2, 0) is 11.3 Å². The van der Waals surface area contributed by atoms with Gasteiger partial charge < -0.3 is 5.11 Å². The topological polar surface area (TPSA) is 40.5 Å². The molecule has 110 valence electrons. The maximum absolute atomic E-state index is 11.6. The van der Waals surface area contributed by atoms with Gasteiger partial charge in [0.2, 0.25) is 0 Å². The minimum absolute atomic E-state index is 0.521. The number of carbonyl (C=O) groups is 1. The van der Waals surface area contributed by atoms with Crippen LogP contribution in [0, 0.1) is 19.3 Å². The van der Waals surface area contributed by atoms with Crippen molar-refractivity contribution in [2.24, 2.45) is 5.41 Å². The van der Waals surface area contributed by atoms with Crippen LogP contribution in [-0.4, -0.2) is 29.1 Å². The van der Waals surface area contributed by atoms with Crippen LogP contribution >= 0.6 is 0 Å². The van der Waals surface area contributed by atoms with E-state index in [1.165, 1.54) is 16.7 Å². The van der Waals surface area contributed by atoms with Crippen molar-refractivity contribution in [1.82, 2.24) is 4.90 Å². The summed E-state index contributed by atoms with van der Waals surface area (Å²) in [6.07, 6.45) is 2.50. The Morgan fingerprint density at radius 2 is 2.15 bits per heavy atom. The van der Waals surface area contributed by atoms with Crippen LogP contribution in [0.4, 0.5) is 0 Å². The SMILES string of the molecule is CCCC1(C(=O)O)CCN(Cc2cccc(C)c2C)C1. The van der Waals surface area contributed by atoms with E-state index in [9.17, 15) is 9.90 Å². The molecule has 1 aliphatic heterocycles. The molecule has 0 aromatic heterocycles. The van der Waals surface area contributed by atoms with Crippen molar-refractivity contribution < 1.29 is 9.90 Å². The van der Waals surface area contributed by atoms with Gasteiger partial charge >= 0.3 is 5.97 Å². The highest BCUT2D eigenvalue weighted by atomic mass is 16.4. The number of aliphatic carboxylic acids is 1. The number of carboxylic acids is 1. The fourth-order valence-corrected chi connectivity index (χ4v) is 3.28. The standard InChI is InChI=1S/C17H25NO2/c1-4-8-17(16(19)20)9-10-18(12-17)11-15-7-5-6-13(2)14(15)3/h5-7H,4,8-12H2,1-3H3,(H,19,20). The zero-order chi connectivity index (χ0) is 14.8. The van der Waals surface area contributed by atoms with Crippen LogP contribution < -0.4 is 0 Å². The van der Waals surface area contributed by atoms with Crippen molar-refractivity contribution in [3.63, 3.8) is 0 Å². The Morgan fingerprint density at radius 3 is 2.80 bits per heavy atom. The highest BCUT2D eigenvalue weighted by molar-refractivity contribution is 5.75. The van der Waals surface area contributed by atoms with Crippen molar-refractivity contribution in [1.29, 1.82) is 0 Å². The average Bonchev–Trinajstić information content (AvgIpc) is 2.80. The molecular weight excluding hydrogens is 250 g/mol. The number of rotatable bonds is 5. The van der Waals surface area contributed by atoms with Gasteiger partial charge in [-0.25, -0.2) is 0 Å². The van der Waals surface area contributed by atoms with Gasteiger partial charge in [0.15, 0.2) is 0 Å². The number of likely N-dealkylation sites (tertiary alicyclic amines) is 1. The van der Waals surface area contributed by atoms with Crippen LogP contribution in [0.2, 0.25) is 0 Å². The van der Waals surface area contributed by atoms with E-state index in [4.69, 9.17) is 0 Å². The highest BCUT2D eigenvalue weighted by Crippen LogP contribution is 2.36. The lowest BCUT2D eigenvalue weighted by atomic mass is 9.83. The maximum Gasteiger partial charge on any atom is 0.310 e. The van der Waals surface area contributed by atoms with Crippen LogP contribution in [0.15, 0.2) is 18.2 Å². The second-order valence-electron chi connectivity index (χ2n) is 6.16. The first-order valence-electron chi connectivity index (χ1n) is 7.49. The Labute approximate surface area is 121 Å². The molecule has 3 heteroatoms. The predicted molar refractivity (Wildman–Crippen MR) is 80.8 cm³/mol. The molecule has 1 unspecified atom stereocenters. The largest absolute Gasteiger partial charge is 0.481 e. The molecule has 2 rings (SSSR count).